The number of nitrogens with zero attached hydrogens (tertiary/aromatic N) is 1. The van der Waals surface area contributed by atoms with Crippen molar-refractivity contribution in [2.45, 2.75) is 32.0 Å². The lowest BCUT2D eigenvalue weighted by molar-refractivity contribution is -0.144. The molecule has 1 heterocycles. The van der Waals surface area contributed by atoms with Gasteiger partial charge in [-0.25, -0.2) is 4.39 Å². The number of rotatable bonds is 5. The molecule has 3 rings (SSSR count). The van der Waals surface area contributed by atoms with Crippen molar-refractivity contribution in [2.75, 3.05) is 20.2 Å². The summed E-state index contributed by atoms with van der Waals surface area (Å²) in [4.78, 5) is 14.6. The van der Waals surface area contributed by atoms with Gasteiger partial charge >= 0.3 is 0 Å². The van der Waals surface area contributed by atoms with Crippen molar-refractivity contribution in [2.24, 2.45) is 0 Å². The Balaban J connectivity index is 1.64. The summed E-state index contributed by atoms with van der Waals surface area (Å²) in [7, 11) is 1.64. The molecule has 2 aromatic carbocycles. The van der Waals surface area contributed by atoms with E-state index >= 15 is 0 Å². The molecule has 0 spiro atoms. The predicted octanol–water partition coefficient (Wildman–Crippen LogP) is 3.76. The molecule has 0 bridgehead atoms. The van der Waals surface area contributed by atoms with Crippen LogP contribution >= 0.6 is 0 Å². The lowest BCUT2D eigenvalue weighted by Gasteiger charge is -2.37. The number of aryl methyl sites for hydroxylation is 1. The van der Waals surface area contributed by atoms with E-state index in [-0.39, 0.29) is 23.9 Å². The van der Waals surface area contributed by atoms with E-state index < -0.39 is 0 Å². The Hall–Kier alpha value is -2.40. The lowest BCUT2D eigenvalue weighted by Crippen LogP contribution is -2.46. The van der Waals surface area contributed by atoms with Crippen LogP contribution in [0.4, 0.5) is 4.39 Å². The van der Waals surface area contributed by atoms with Crippen molar-refractivity contribution in [3.8, 4) is 5.75 Å². The van der Waals surface area contributed by atoms with E-state index in [2.05, 4.69) is 0 Å². The molecule has 0 N–H and O–H groups in total. The molecule has 0 aromatic heterocycles. The second-order valence-corrected chi connectivity index (χ2v) is 6.60. The highest BCUT2D eigenvalue weighted by Crippen LogP contribution is 2.26. The molecule has 138 valence electrons. The molecular formula is C21H24FNO3. The number of benzene rings is 2. The Bertz CT molecular complexity index is 747. The van der Waals surface area contributed by atoms with Crippen LogP contribution in [-0.2, 0) is 16.0 Å². The van der Waals surface area contributed by atoms with Crippen LogP contribution in [0.3, 0.4) is 0 Å². The summed E-state index contributed by atoms with van der Waals surface area (Å²) >= 11 is 0. The van der Waals surface area contributed by atoms with E-state index in [0.29, 0.717) is 25.9 Å². The highest BCUT2D eigenvalue weighted by atomic mass is 19.1. The van der Waals surface area contributed by atoms with Gasteiger partial charge in [0, 0.05) is 13.0 Å². The number of halogens is 1. The van der Waals surface area contributed by atoms with E-state index in [1.165, 1.54) is 12.1 Å². The van der Waals surface area contributed by atoms with Crippen molar-refractivity contribution in [3.63, 3.8) is 0 Å². The van der Waals surface area contributed by atoms with Crippen LogP contribution in [0.15, 0.2) is 48.5 Å². The molecule has 0 saturated carbocycles. The van der Waals surface area contributed by atoms with Crippen molar-refractivity contribution in [1.82, 2.24) is 4.90 Å². The Morgan fingerprint density at radius 2 is 1.92 bits per heavy atom. The highest BCUT2D eigenvalue weighted by Gasteiger charge is 2.29. The number of hydrogen-bond acceptors (Lipinski definition) is 3. The van der Waals surface area contributed by atoms with Gasteiger partial charge in [-0.2, -0.15) is 0 Å². The van der Waals surface area contributed by atoms with Gasteiger partial charge in [-0.15, -0.1) is 0 Å². The molecule has 2 unspecified atom stereocenters. The fourth-order valence-corrected chi connectivity index (χ4v) is 3.33. The Kier molecular flexibility index (Phi) is 5.89. The van der Waals surface area contributed by atoms with E-state index in [4.69, 9.17) is 9.47 Å². The van der Waals surface area contributed by atoms with Gasteiger partial charge in [0.25, 0.3) is 0 Å². The van der Waals surface area contributed by atoms with E-state index in [9.17, 15) is 9.18 Å². The molecule has 5 heteroatoms. The highest BCUT2D eigenvalue weighted by molar-refractivity contribution is 5.76. The van der Waals surface area contributed by atoms with E-state index in [1.807, 2.05) is 36.1 Å². The maximum Gasteiger partial charge on any atom is 0.223 e. The maximum absolute atomic E-state index is 13.1. The topological polar surface area (TPSA) is 38.8 Å². The number of amides is 1. The van der Waals surface area contributed by atoms with Crippen molar-refractivity contribution < 1.29 is 18.7 Å². The second kappa shape index (κ2) is 8.32. The van der Waals surface area contributed by atoms with Crippen molar-refractivity contribution in [3.05, 3.63) is 65.5 Å². The first-order chi connectivity index (χ1) is 12.6. The SMILES string of the molecule is COc1ccccc1CCC(=O)N1CC(C)OC(c2ccc(F)cc2)C1. The number of methoxy groups -OCH3 is 1. The van der Waals surface area contributed by atoms with E-state index in [1.54, 1.807) is 19.2 Å². The normalized spacial score (nSPS) is 20.0. The average molecular weight is 357 g/mol. The predicted molar refractivity (Wildman–Crippen MR) is 97.6 cm³/mol. The summed E-state index contributed by atoms with van der Waals surface area (Å²) < 4.78 is 24.4. The molecule has 1 saturated heterocycles. The van der Waals surface area contributed by atoms with Crippen LogP contribution in [0, 0.1) is 5.82 Å². The monoisotopic (exact) mass is 357 g/mol. The summed E-state index contributed by atoms with van der Waals surface area (Å²) in [5.41, 5.74) is 1.92. The van der Waals surface area contributed by atoms with Crippen LogP contribution in [-0.4, -0.2) is 37.1 Å². The van der Waals surface area contributed by atoms with Gasteiger partial charge in [0.15, 0.2) is 0 Å². The third-order valence-corrected chi connectivity index (χ3v) is 4.66. The zero-order valence-corrected chi connectivity index (χ0v) is 15.2. The van der Waals surface area contributed by atoms with Crippen molar-refractivity contribution >= 4 is 5.91 Å². The fraction of sp³-hybridized carbons (Fsp3) is 0.381. The molecule has 0 aliphatic carbocycles. The minimum atomic E-state index is -0.276. The molecule has 1 amide bonds. The molecule has 1 aliphatic rings. The summed E-state index contributed by atoms with van der Waals surface area (Å²) in [5.74, 6) is 0.625. The van der Waals surface area contributed by atoms with Crippen LogP contribution in [0.1, 0.15) is 30.6 Å². The molecule has 4 nitrogen and oxygen atoms in total. The van der Waals surface area contributed by atoms with Gasteiger partial charge in [0.05, 0.1) is 19.8 Å². The van der Waals surface area contributed by atoms with Gasteiger partial charge < -0.3 is 14.4 Å². The van der Waals surface area contributed by atoms with Crippen LogP contribution in [0.5, 0.6) is 5.75 Å². The Labute approximate surface area is 153 Å². The van der Waals surface area contributed by atoms with Gasteiger partial charge in [-0.1, -0.05) is 30.3 Å². The molecule has 26 heavy (non-hydrogen) atoms. The van der Waals surface area contributed by atoms with Crippen LogP contribution in [0.25, 0.3) is 0 Å². The standard InChI is InChI=1S/C21H24FNO3/c1-15-13-23(14-20(26-15)17-7-10-18(22)11-8-17)21(24)12-9-16-5-3-4-6-19(16)25-2/h3-8,10-11,15,20H,9,12-14H2,1-2H3. The van der Waals surface area contributed by atoms with Gasteiger partial charge in [-0.05, 0) is 42.7 Å². The fourth-order valence-electron chi connectivity index (χ4n) is 3.33. The molecule has 1 aliphatic heterocycles. The summed E-state index contributed by atoms with van der Waals surface area (Å²) in [6.07, 6.45) is 0.766. The van der Waals surface area contributed by atoms with Crippen LogP contribution in [0.2, 0.25) is 0 Å². The molecule has 2 aromatic rings. The quantitative estimate of drug-likeness (QED) is 0.818. The number of carbonyl (C=O) groups is 1. The van der Waals surface area contributed by atoms with Gasteiger partial charge in [-0.3, -0.25) is 4.79 Å². The van der Waals surface area contributed by atoms with Crippen LogP contribution < -0.4 is 4.74 Å². The smallest absolute Gasteiger partial charge is 0.223 e. The largest absolute Gasteiger partial charge is 0.496 e. The minimum Gasteiger partial charge on any atom is -0.496 e. The number of para-hydroxylation sites is 1. The third kappa shape index (κ3) is 4.41. The zero-order valence-electron chi connectivity index (χ0n) is 15.2. The number of morpholine rings is 1. The molecule has 1 fully saturated rings. The average Bonchev–Trinajstić information content (AvgIpc) is 2.66. The first-order valence-corrected chi connectivity index (χ1v) is 8.87. The third-order valence-electron chi connectivity index (χ3n) is 4.66. The number of hydrogen-bond donors (Lipinski definition) is 0. The first kappa shape index (κ1) is 18.4. The summed E-state index contributed by atoms with van der Waals surface area (Å²) in [6, 6.07) is 14.0. The number of carbonyl (C=O) groups excluding carboxylic acids is 1. The van der Waals surface area contributed by atoms with Gasteiger partial charge in [0.1, 0.15) is 17.7 Å². The van der Waals surface area contributed by atoms with E-state index in [0.717, 1.165) is 16.9 Å². The Morgan fingerprint density at radius 1 is 1.19 bits per heavy atom. The number of ether oxygens (including phenoxy) is 2. The lowest BCUT2D eigenvalue weighted by atomic mass is 10.0. The summed E-state index contributed by atoms with van der Waals surface area (Å²) in [5, 5.41) is 0. The minimum absolute atomic E-state index is 0.0611. The molecule has 2 atom stereocenters. The summed E-state index contributed by atoms with van der Waals surface area (Å²) in [6.45, 7) is 3.01. The maximum atomic E-state index is 13.1. The Morgan fingerprint density at radius 3 is 2.65 bits per heavy atom. The zero-order chi connectivity index (χ0) is 18.5. The van der Waals surface area contributed by atoms with Gasteiger partial charge in [0.2, 0.25) is 5.91 Å². The molecular weight excluding hydrogens is 333 g/mol. The first-order valence-electron chi connectivity index (χ1n) is 8.87. The second-order valence-electron chi connectivity index (χ2n) is 6.60. The van der Waals surface area contributed by atoms with Crippen molar-refractivity contribution in [1.29, 1.82) is 0 Å². The molecule has 0 radical (unpaired) electrons.